The second-order valence-electron chi connectivity index (χ2n) is 4.15. The third-order valence-electron chi connectivity index (χ3n) is 2.57. The smallest absolute Gasteiger partial charge is 0.303 e. The van der Waals surface area contributed by atoms with E-state index in [1.807, 2.05) is 24.3 Å². The van der Waals surface area contributed by atoms with Gasteiger partial charge in [0.2, 0.25) is 5.89 Å². The van der Waals surface area contributed by atoms with Crippen molar-refractivity contribution in [1.82, 2.24) is 10.1 Å². The molecule has 6 heteroatoms. The van der Waals surface area contributed by atoms with Crippen molar-refractivity contribution in [1.29, 1.82) is 0 Å². The van der Waals surface area contributed by atoms with E-state index in [1.165, 1.54) is 0 Å². The molecule has 2 rings (SSSR count). The first kappa shape index (κ1) is 13.5. The van der Waals surface area contributed by atoms with Gasteiger partial charge in [-0.1, -0.05) is 28.9 Å². The molecule has 0 aliphatic rings. The van der Waals surface area contributed by atoms with E-state index in [9.17, 15) is 4.79 Å². The van der Waals surface area contributed by atoms with E-state index in [-0.39, 0.29) is 6.42 Å². The molecule has 19 heavy (non-hydrogen) atoms. The zero-order valence-electron chi connectivity index (χ0n) is 10.2. The number of rotatable bonds is 6. The average molecular weight is 281 g/mol. The van der Waals surface area contributed by atoms with Crippen molar-refractivity contribution < 1.29 is 14.4 Å². The predicted molar refractivity (Wildman–Crippen MR) is 69.1 cm³/mol. The largest absolute Gasteiger partial charge is 0.481 e. The summed E-state index contributed by atoms with van der Waals surface area (Å²) in [5, 5.41) is 13.1. The molecular formula is C13H13ClN2O3. The van der Waals surface area contributed by atoms with Gasteiger partial charge < -0.3 is 9.63 Å². The lowest BCUT2D eigenvalue weighted by atomic mass is 10.1. The molecule has 0 unspecified atom stereocenters. The van der Waals surface area contributed by atoms with Crippen LogP contribution in [0.25, 0.3) is 0 Å². The van der Waals surface area contributed by atoms with Gasteiger partial charge in [-0.25, -0.2) is 0 Å². The van der Waals surface area contributed by atoms with Crippen LogP contribution in [0.1, 0.15) is 30.1 Å². The molecule has 1 aromatic carbocycles. The fourth-order valence-corrected chi connectivity index (χ4v) is 1.77. The van der Waals surface area contributed by atoms with Crippen molar-refractivity contribution in [2.75, 3.05) is 0 Å². The Morgan fingerprint density at radius 2 is 2.05 bits per heavy atom. The highest BCUT2D eigenvalue weighted by atomic mass is 35.5. The summed E-state index contributed by atoms with van der Waals surface area (Å²) in [6, 6.07) is 7.43. The van der Waals surface area contributed by atoms with E-state index in [0.29, 0.717) is 36.0 Å². The summed E-state index contributed by atoms with van der Waals surface area (Å²) in [5.74, 6) is 0.249. The normalized spacial score (nSPS) is 10.6. The lowest BCUT2D eigenvalue weighted by molar-refractivity contribution is -0.137. The Hall–Kier alpha value is -1.88. The minimum atomic E-state index is -0.819. The lowest BCUT2D eigenvalue weighted by Crippen LogP contribution is -1.96. The average Bonchev–Trinajstić information content (AvgIpc) is 2.79. The molecular weight excluding hydrogens is 268 g/mol. The van der Waals surface area contributed by atoms with Crippen molar-refractivity contribution in [2.45, 2.75) is 25.7 Å². The minimum Gasteiger partial charge on any atom is -0.481 e. The molecule has 0 aliphatic carbocycles. The van der Waals surface area contributed by atoms with Gasteiger partial charge in [0.25, 0.3) is 0 Å². The van der Waals surface area contributed by atoms with Crippen molar-refractivity contribution in [2.24, 2.45) is 0 Å². The molecule has 0 aliphatic heterocycles. The van der Waals surface area contributed by atoms with Crippen LogP contribution in [0.5, 0.6) is 0 Å². The maximum absolute atomic E-state index is 10.4. The van der Waals surface area contributed by atoms with Gasteiger partial charge in [0.05, 0.1) is 0 Å². The van der Waals surface area contributed by atoms with E-state index in [1.54, 1.807) is 0 Å². The Kier molecular flexibility index (Phi) is 4.52. The highest BCUT2D eigenvalue weighted by Crippen LogP contribution is 2.12. The number of hydrogen-bond donors (Lipinski definition) is 1. The number of nitrogens with zero attached hydrogens (tertiary/aromatic N) is 2. The summed E-state index contributed by atoms with van der Waals surface area (Å²) in [6.45, 7) is 0. The fourth-order valence-electron chi connectivity index (χ4n) is 1.64. The van der Waals surface area contributed by atoms with Gasteiger partial charge >= 0.3 is 5.97 Å². The lowest BCUT2D eigenvalue weighted by Gasteiger charge is -1.96. The topological polar surface area (TPSA) is 76.2 Å². The third-order valence-corrected chi connectivity index (χ3v) is 2.82. The molecule has 0 atom stereocenters. The summed E-state index contributed by atoms with van der Waals surface area (Å²) in [4.78, 5) is 14.6. The molecule has 0 saturated heterocycles. The highest BCUT2D eigenvalue weighted by molar-refractivity contribution is 6.30. The number of aromatic nitrogens is 2. The molecule has 0 bridgehead atoms. The number of aliphatic carboxylic acids is 1. The van der Waals surface area contributed by atoms with Crippen LogP contribution in [0.4, 0.5) is 0 Å². The first-order chi connectivity index (χ1) is 9.13. The standard InChI is InChI=1S/C13H13ClN2O3/c14-10-6-4-9(5-7-10)8-11-15-12(19-16-11)2-1-3-13(17)18/h4-7H,1-3,8H2,(H,17,18). The SMILES string of the molecule is O=C(O)CCCc1nc(Cc2ccc(Cl)cc2)no1. The van der Waals surface area contributed by atoms with Gasteiger partial charge in [0, 0.05) is 24.3 Å². The van der Waals surface area contributed by atoms with Crippen LogP contribution in [0.2, 0.25) is 5.02 Å². The Morgan fingerprint density at radius 1 is 1.32 bits per heavy atom. The molecule has 2 aromatic rings. The second kappa shape index (κ2) is 6.33. The summed E-state index contributed by atoms with van der Waals surface area (Å²) in [5.41, 5.74) is 1.04. The number of benzene rings is 1. The predicted octanol–water partition coefficient (Wildman–Crippen LogP) is 2.72. The van der Waals surface area contributed by atoms with Gasteiger partial charge in [0.1, 0.15) is 0 Å². The number of carboxylic acids is 1. The minimum absolute atomic E-state index is 0.106. The molecule has 0 spiro atoms. The molecule has 0 radical (unpaired) electrons. The van der Waals surface area contributed by atoms with Crippen LogP contribution in [0.15, 0.2) is 28.8 Å². The summed E-state index contributed by atoms with van der Waals surface area (Å²) >= 11 is 5.80. The maximum atomic E-state index is 10.4. The highest BCUT2D eigenvalue weighted by Gasteiger charge is 2.08. The Labute approximate surface area is 115 Å². The summed E-state index contributed by atoms with van der Waals surface area (Å²) in [7, 11) is 0. The van der Waals surface area contributed by atoms with Crippen molar-refractivity contribution in [3.05, 3.63) is 46.6 Å². The first-order valence-corrected chi connectivity index (χ1v) is 6.29. The number of halogens is 1. The number of carboxylic acid groups (broad SMARTS) is 1. The molecule has 1 N–H and O–H groups in total. The molecule has 100 valence electrons. The van der Waals surface area contributed by atoms with E-state index < -0.39 is 5.97 Å². The van der Waals surface area contributed by atoms with Crippen molar-refractivity contribution in [3.63, 3.8) is 0 Å². The van der Waals surface area contributed by atoms with Gasteiger partial charge in [0.15, 0.2) is 5.82 Å². The van der Waals surface area contributed by atoms with Gasteiger partial charge in [-0.3, -0.25) is 4.79 Å². The van der Waals surface area contributed by atoms with E-state index in [4.69, 9.17) is 21.2 Å². The Balaban J connectivity index is 1.90. The van der Waals surface area contributed by atoms with Gasteiger partial charge in [-0.05, 0) is 24.1 Å². The number of hydrogen-bond acceptors (Lipinski definition) is 4. The van der Waals surface area contributed by atoms with E-state index >= 15 is 0 Å². The molecule has 5 nitrogen and oxygen atoms in total. The van der Waals surface area contributed by atoms with E-state index in [0.717, 1.165) is 5.56 Å². The van der Waals surface area contributed by atoms with Crippen LogP contribution < -0.4 is 0 Å². The summed E-state index contributed by atoms with van der Waals surface area (Å²) in [6.07, 6.45) is 1.66. The Bertz CT molecular complexity index is 551. The number of aryl methyl sites for hydroxylation is 1. The van der Waals surface area contributed by atoms with Crippen molar-refractivity contribution in [3.8, 4) is 0 Å². The third kappa shape index (κ3) is 4.37. The summed E-state index contributed by atoms with van der Waals surface area (Å²) < 4.78 is 5.06. The first-order valence-electron chi connectivity index (χ1n) is 5.91. The molecule has 1 aromatic heterocycles. The van der Waals surface area contributed by atoms with Crippen LogP contribution in [0.3, 0.4) is 0 Å². The fraction of sp³-hybridized carbons (Fsp3) is 0.308. The molecule has 1 heterocycles. The molecule has 0 fully saturated rings. The monoisotopic (exact) mass is 280 g/mol. The molecule has 0 saturated carbocycles. The van der Waals surface area contributed by atoms with E-state index in [2.05, 4.69) is 10.1 Å². The Morgan fingerprint density at radius 3 is 2.74 bits per heavy atom. The zero-order valence-corrected chi connectivity index (χ0v) is 10.9. The van der Waals surface area contributed by atoms with Gasteiger partial charge in [-0.15, -0.1) is 0 Å². The van der Waals surface area contributed by atoms with Crippen LogP contribution in [0, 0.1) is 0 Å². The molecule has 0 amide bonds. The second-order valence-corrected chi connectivity index (χ2v) is 4.59. The zero-order chi connectivity index (χ0) is 13.7. The maximum Gasteiger partial charge on any atom is 0.303 e. The van der Waals surface area contributed by atoms with Crippen LogP contribution in [-0.2, 0) is 17.6 Å². The number of carbonyl (C=O) groups is 1. The van der Waals surface area contributed by atoms with Gasteiger partial charge in [-0.2, -0.15) is 4.98 Å². The van der Waals surface area contributed by atoms with Crippen molar-refractivity contribution >= 4 is 17.6 Å². The van der Waals surface area contributed by atoms with Crippen LogP contribution in [-0.4, -0.2) is 21.2 Å². The quantitative estimate of drug-likeness (QED) is 0.880. The van der Waals surface area contributed by atoms with Crippen LogP contribution >= 0.6 is 11.6 Å².